The Bertz CT molecular complexity index is 858. The van der Waals surface area contributed by atoms with E-state index in [1.165, 1.54) is 44.2 Å². The SMILES string of the molecule is COC(=O)c1ccc(S(=O)(=O)NCc2ccc(N3CCCC3)nc2)cc1. The van der Waals surface area contributed by atoms with Crippen molar-refractivity contribution >= 4 is 21.8 Å². The molecule has 0 saturated carbocycles. The van der Waals surface area contributed by atoms with Crippen molar-refractivity contribution in [1.82, 2.24) is 9.71 Å². The molecule has 0 aliphatic carbocycles. The fourth-order valence-corrected chi connectivity index (χ4v) is 3.82. The van der Waals surface area contributed by atoms with E-state index < -0.39 is 16.0 Å². The van der Waals surface area contributed by atoms with Crippen LogP contribution in [0.25, 0.3) is 0 Å². The van der Waals surface area contributed by atoms with Crippen molar-refractivity contribution in [1.29, 1.82) is 0 Å². The maximum absolute atomic E-state index is 12.4. The topological polar surface area (TPSA) is 88.6 Å². The molecule has 0 amide bonds. The van der Waals surface area contributed by atoms with Crippen LogP contribution in [0.5, 0.6) is 0 Å². The third-order valence-electron chi connectivity index (χ3n) is 4.29. The van der Waals surface area contributed by atoms with Crippen LogP contribution in [0.1, 0.15) is 28.8 Å². The molecule has 7 nitrogen and oxygen atoms in total. The van der Waals surface area contributed by atoms with Crippen LogP contribution in [0.3, 0.4) is 0 Å². The molecule has 1 N–H and O–H groups in total. The third kappa shape index (κ3) is 4.20. The Morgan fingerprint density at radius 1 is 1.15 bits per heavy atom. The highest BCUT2D eigenvalue weighted by atomic mass is 32.2. The first kappa shape index (κ1) is 18.3. The monoisotopic (exact) mass is 375 g/mol. The molecular weight excluding hydrogens is 354 g/mol. The Kier molecular flexibility index (Phi) is 5.53. The van der Waals surface area contributed by atoms with Crippen molar-refractivity contribution in [2.24, 2.45) is 0 Å². The van der Waals surface area contributed by atoms with Gasteiger partial charge in [-0.05, 0) is 48.7 Å². The van der Waals surface area contributed by atoms with E-state index >= 15 is 0 Å². The van der Waals surface area contributed by atoms with Crippen LogP contribution in [0, 0.1) is 0 Å². The van der Waals surface area contributed by atoms with Gasteiger partial charge in [0.15, 0.2) is 0 Å². The van der Waals surface area contributed by atoms with Crippen molar-refractivity contribution < 1.29 is 17.9 Å². The molecule has 8 heteroatoms. The van der Waals surface area contributed by atoms with E-state index in [0.717, 1.165) is 24.5 Å². The number of esters is 1. The molecule has 1 saturated heterocycles. The first-order valence-corrected chi connectivity index (χ1v) is 9.86. The molecule has 1 aromatic carbocycles. The maximum Gasteiger partial charge on any atom is 0.337 e. The number of carbonyl (C=O) groups excluding carboxylic acids is 1. The minimum absolute atomic E-state index is 0.0896. The molecule has 0 bridgehead atoms. The van der Waals surface area contributed by atoms with Crippen molar-refractivity contribution in [2.75, 3.05) is 25.1 Å². The molecule has 1 fully saturated rings. The van der Waals surface area contributed by atoms with Gasteiger partial charge in [0.2, 0.25) is 10.0 Å². The fourth-order valence-electron chi connectivity index (χ4n) is 2.80. The van der Waals surface area contributed by atoms with E-state index in [1.54, 1.807) is 6.20 Å². The zero-order valence-corrected chi connectivity index (χ0v) is 15.3. The predicted molar refractivity (Wildman–Crippen MR) is 97.5 cm³/mol. The lowest BCUT2D eigenvalue weighted by Crippen LogP contribution is -2.23. The summed E-state index contributed by atoms with van der Waals surface area (Å²) in [7, 11) is -2.40. The van der Waals surface area contributed by atoms with Gasteiger partial charge in [-0.3, -0.25) is 0 Å². The summed E-state index contributed by atoms with van der Waals surface area (Å²) in [5.74, 6) is 0.415. The zero-order chi connectivity index (χ0) is 18.6. The Balaban J connectivity index is 1.63. The molecule has 1 aliphatic rings. The van der Waals surface area contributed by atoms with E-state index in [1.807, 2.05) is 12.1 Å². The van der Waals surface area contributed by atoms with Gasteiger partial charge in [0, 0.05) is 25.8 Å². The number of benzene rings is 1. The number of nitrogens with one attached hydrogen (secondary N) is 1. The van der Waals surface area contributed by atoms with Crippen LogP contribution in [0.4, 0.5) is 5.82 Å². The summed E-state index contributed by atoms with van der Waals surface area (Å²) < 4.78 is 31.9. The predicted octanol–water partition coefficient (Wildman–Crippen LogP) is 1.95. The average molecular weight is 375 g/mol. The number of rotatable bonds is 6. The van der Waals surface area contributed by atoms with Crippen molar-refractivity contribution in [2.45, 2.75) is 24.3 Å². The van der Waals surface area contributed by atoms with Crippen LogP contribution < -0.4 is 9.62 Å². The summed E-state index contributed by atoms with van der Waals surface area (Å²) in [5, 5.41) is 0. The van der Waals surface area contributed by atoms with Gasteiger partial charge < -0.3 is 9.64 Å². The summed E-state index contributed by atoms with van der Waals surface area (Å²) in [4.78, 5) is 18.1. The van der Waals surface area contributed by atoms with E-state index in [0.29, 0.717) is 5.56 Å². The summed E-state index contributed by atoms with van der Waals surface area (Å²) in [6, 6.07) is 9.40. The van der Waals surface area contributed by atoms with Gasteiger partial charge in [-0.25, -0.2) is 22.9 Å². The van der Waals surface area contributed by atoms with Gasteiger partial charge in [-0.15, -0.1) is 0 Å². The molecule has 1 aromatic heterocycles. The smallest absolute Gasteiger partial charge is 0.337 e. The lowest BCUT2D eigenvalue weighted by Gasteiger charge is -2.16. The molecule has 0 radical (unpaired) electrons. The summed E-state index contributed by atoms with van der Waals surface area (Å²) >= 11 is 0. The minimum Gasteiger partial charge on any atom is -0.465 e. The second-order valence-corrected chi connectivity index (χ2v) is 7.83. The van der Waals surface area contributed by atoms with Crippen LogP contribution in [-0.2, 0) is 21.3 Å². The number of hydrogen-bond acceptors (Lipinski definition) is 6. The average Bonchev–Trinajstić information content (AvgIpc) is 3.21. The molecular formula is C18H21N3O4S. The molecule has 1 aliphatic heterocycles. The second-order valence-electron chi connectivity index (χ2n) is 6.06. The van der Waals surface area contributed by atoms with Crippen LogP contribution in [-0.4, -0.2) is 39.6 Å². The lowest BCUT2D eigenvalue weighted by atomic mass is 10.2. The summed E-state index contributed by atoms with van der Waals surface area (Å²) in [5.41, 5.74) is 1.08. The quantitative estimate of drug-likeness (QED) is 0.777. The van der Waals surface area contributed by atoms with Gasteiger partial charge in [0.1, 0.15) is 5.82 Å². The highest BCUT2D eigenvalue weighted by Crippen LogP contribution is 2.18. The number of ether oxygens (including phenoxy) is 1. The normalized spacial score (nSPS) is 14.4. The second kappa shape index (κ2) is 7.84. The Labute approximate surface area is 153 Å². The van der Waals surface area contributed by atoms with Gasteiger partial charge in [0.25, 0.3) is 0 Å². The van der Waals surface area contributed by atoms with Gasteiger partial charge >= 0.3 is 5.97 Å². The Hall–Kier alpha value is -2.45. The highest BCUT2D eigenvalue weighted by molar-refractivity contribution is 7.89. The molecule has 0 atom stereocenters. The molecule has 2 heterocycles. The number of anilines is 1. The molecule has 138 valence electrons. The minimum atomic E-state index is -3.67. The summed E-state index contributed by atoms with van der Waals surface area (Å²) in [6.07, 6.45) is 4.05. The van der Waals surface area contributed by atoms with Gasteiger partial charge in [0.05, 0.1) is 17.6 Å². The van der Waals surface area contributed by atoms with E-state index in [4.69, 9.17) is 0 Å². The number of sulfonamides is 1. The molecule has 0 spiro atoms. The number of methoxy groups -OCH3 is 1. The number of nitrogens with zero attached hydrogens (tertiary/aromatic N) is 2. The fraction of sp³-hybridized carbons (Fsp3) is 0.333. The van der Waals surface area contributed by atoms with Crippen LogP contribution >= 0.6 is 0 Å². The maximum atomic E-state index is 12.4. The van der Waals surface area contributed by atoms with Gasteiger partial charge in [-0.1, -0.05) is 6.07 Å². The first-order valence-electron chi connectivity index (χ1n) is 8.37. The van der Waals surface area contributed by atoms with E-state index in [-0.39, 0.29) is 11.4 Å². The molecule has 0 unspecified atom stereocenters. The highest BCUT2D eigenvalue weighted by Gasteiger charge is 2.16. The van der Waals surface area contributed by atoms with E-state index in [9.17, 15) is 13.2 Å². The Morgan fingerprint density at radius 3 is 2.42 bits per heavy atom. The summed E-state index contributed by atoms with van der Waals surface area (Å²) in [6.45, 7) is 2.18. The Morgan fingerprint density at radius 2 is 1.85 bits per heavy atom. The van der Waals surface area contributed by atoms with Crippen LogP contribution in [0.2, 0.25) is 0 Å². The molecule has 3 rings (SSSR count). The standard InChI is InChI=1S/C18H21N3O4S/c1-25-18(22)15-5-7-16(8-6-15)26(23,24)20-13-14-4-9-17(19-12-14)21-10-2-3-11-21/h4-9,12,20H,2-3,10-11,13H2,1H3. The number of pyridine rings is 1. The van der Waals surface area contributed by atoms with E-state index in [2.05, 4.69) is 19.3 Å². The van der Waals surface area contributed by atoms with Crippen molar-refractivity contribution in [3.63, 3.8) is 0 Å². The van der Waals surface area contributed by atoms with Crippen molar-refractivity contribution in [3.05, 3.63) is 53.7 Å². The molecule has 26 heavy (non-hydrogen) atoms. The lowest BCUT2D eigenvalue weighted by molar-refractivity contribution is 0.0600. The number of hydrogen-bond donors (Lipinski definition) is 1. The molecule has 2 aromatic rings. The van der Waals surface area contributed by atoms with Gasteiger partial charge in [-0.2, -0.15) is 0 Å². The van der Waals surface area contributed by atoms with Crippen molar-refractivity contribution in [3.8, 4) is 0 Å². The van der Waals surface area contributed by atoms with Crippen LogP contribution in [0.15, 0.2) is 47.5 Å². The first-order chi connectivity index (χ1) is 12.5. The zero-order valence-electron chi connectivity index (χ0n) is 14.5. The largest absolute Gasteiger partial charge is 0.465 e. The number of aromatic nitrogens is 1. The third-order valence-corrected chi connectivity index (χ3v) is 5.71. The number of carbonyl (C=O) groups is 1.